The van der Waals surface area contributed by atoms with Crippen LogP contribution in [0, 0.1) is 0 Å². The van der Waals surface area contributed by atoms with Gasteiger partial charge in [0, 0.05) is 12.8 Å². The second kappa shape index (κ2) is 8.47. The molecule has 0 aliphatic rings. The number of amides is 1. The molecule has 0 saturated heterocycles. The van der Waals surface area contributed by atoms with Crippen LogP contribution in [0.3, 0.4) is 0 Å². The van der Waals surface area contributed by atoms with Gasteiger partial charge in [-0.25, -0.2) is 4.79 Å². The maximum absolute atomic E-state index is 12.5. The zero-order valence-corrected chi connectivity index (χ0v) is 13.0. The number of nitrogens with one attached hydrogen (secondary N) is 1. The van der Waals surface area contributed by atoms with Crippen LogP contribution in [-0.2, 0) is 27.0 Å². The molecule has 0 spiro atoms. The van der Waals surface area contributed by atoms with E-state index in [-0.39, 0.29) is 31.5 Å². The highest BCUT2D eigenvalue weighted by molar-refractivity contribution is 5.85. The molecule has 0 aliphatic heterocycles. The third kappa shape index (κ3) is 6.39. The number of Topliss-reactive ketones (excluding diaryl/α,β-unsaturated/α-hetero) is 1. The van der Waals surface area contributed by atoms with Crippen LogP contribution >= 0.6 is 0 Å². The molecule has 8 heteroatoms. The first-order valence-electron chi connectivity index (χ1n) is 7.33. The quantitative estimate of drug-likeness (QED) is 0.758. The van der Waals surface area contributed by atoms with Gasteiger partial charge in [-0.2, -0.15) is 13.2 Å². The van der Waals surface area contributed by atoms with Gasteiger partial charge < -0.3 is 10.4 Å². The molecule has 1 aromatic rings. The molecular formula is C16H18F3NO4. The van der Waals surface area contributed by atoms with Gasteiger partial charge in [0.2, 0.25) is 5.91 Å². The highest BCUT2D eigenvalue weighted by Crippen LogP contribution is 2.29. The zero-order valence-electron chi connectivity index (χ0n) is 13.0. The molecule has 0 saturated carbocycles. The summed E-state index contributed by atoms with van der Waals surface area (Å²) in [4.78, 5) is 34.2. The molecule has 1 amide bonds. The number of carbonyl (C=O) groups excluding carboxylic acids is 2. The first kappa shape index (κ1) is 19.7. The molecule has 0 aliphatic carbocycles. The molecule has 5 nitrogen and oxygen atoms in total. The topological polar surface area (TPSA) is 83.5 Å². The van der Waals surface area contributed by atoms with Crippen LogP contribution in [-0.4, -0.2) is 28.8 Å². The van der Waals surface area contributed by atoms with E-state index in [1.165, 1.54) is 12.1 Å². The Balaban J connectivity index is 2.62. The van der Waals surface area contributed by atoms with E-state index < -0.39 is 29.7 Å². The van der Waals surface area contributed by atoms with Crippen LogP contribution in [0.15, 0.2) is 24.3 Å². The van der Waals surface area contributed by atoms with Crippen molar-refractivity contribution < 1.29 is 32.7 Å². The molecular weight excluding hydrogens is 327 g/mol. The Bertz CT molecular complexity index is 596. The van der Waals surface area contributed by atoms with Crippen LogP contribution < -0.4 is 5.32 Å². The summed E-state index contributed by atoms with van der Waals surface area (Å²) in [5, 5.41) is 11.3. The molecule has 24 heavy (non-hydrogen) atoms. The van der Waals surface area contributed by atoms with Gasteiger partial charge in [0.25, 0.3) is 0 Å². The molecule has 0 unspecified atom stereocenters. The number of hydrogen-bond acceptors (Lipinski definition) is 3. The Hall–Kier alpha value is -2.38. The number of benzene rings is 1. The Morgan fingerprint density at radius 3 is 2.21 bits per heavy atom. The van der Waals surface area contributed by atoms with Crippen molar-refractivity contribution in [2.75, 3.05) is 0 Å². The van der Waals surface area contributed by atoms with E-state index in [1.54, 1.807) is 6.92 Å². The summed E-state index contributed by atoms with van der Waals surface area (Å²) in [6.07, 6.45) is -4.41. The summed E-state index contributed by atoms with van der Waals surface area (Å²) >= 11 is 0. The smallest absolute Gasteiger partial charge is 0.416 e. The van der Waals surface area contributed by atoms with Crippen molar-refractivity contribution in [3.63, 3.8) is 0 Å². The molecule has 0 radical (unpaired) electrons. The van der Waals surface area contributed by atoms with Gasteiger partial charge in [-0.1, -0.05) is 19.1 Å². The molecule has 1 aromatic carbocycles. The fourth-order valence-corrected chi connectivity index (χ4v) is 1.98. The van der Waals surface area contributed by atoms with Crippen LogP contribution in [0.2, 0.25) is 0 Å². The third-order valence-corrected chi connectivity index (χ3v) is 3.39. The van der Waals surface area contributed by atoms with Gasteiger partial charge in [0.05, 0.1) is 12.0 Å². The van der Waals surface area contributed by atoms with Crippen LogP contribution in [0.4, 0.5) is 13.2 Å². The Labute approximate surface area is 136 Å². The number of carbonyl (C=O) groups is 3. The molecule has 2 N–H and O–H groups in total. The van der Waals surface area contributed by atoms with Crippen molar-refractivity contribution in [3.05, 3.63) is 35.4 Å². The Morgan fingerprint density at radius 2 is 1.75 bits per heavy atom. The molecule has 0 bridgehead atoms. The lowest BCUT2D eigenvalue weighted by Crippen LogP contribution is -2.41. The fraction of sp³-hybridized carbons (Fsp3) is 0.438. The molecule has 0 heterocycles. The number of ketones is 1. The number of carboxylic acid groups (broad SMARTS) is 1. The first-order valence-corrected chi connectivity index (χ1v) is 7.33. The summed E-state index contributed by atoms with van der Waals surface area (Å²) in [6.45, 7) is 1.65. The summed E-state index contributed by atoms with van der Waals surface area (Å²) in [7, 11) is 0. The van der Waals surface area contributed by atoms with Gasteiger partial charge in [-0.3, -0.25) is 9.59 Å². The van der Waals surface area contributed by atoms with Crippen LogP contribution in [0.1, 0.15) is 37.3 Å². The summed E-state index contributed by atoms with van der Waals surface area (Å²) in [5.74, 6) is -2.01. The SMILES string of the molecule is CCC(=O)CC[C@@H](NC(=O)Cc1ccc(C(F)(F)F)cc1)C(=O)O. The number of rotatable bonds is 8. The lowest BCUT2D eigenvalue weighted by atomic mass is 10.1. The first-order chi connectivity index (χ1) is 11.1. The molecule has 132 valence electrons. The molecule has 0 aromatic heterocycles. The monoisotopic (exact) mass is 345 g/mol. The highest BCUT2D eigenvalue weighted by Gasteiger charge is 2.30. The standard InChI is InChI=1S/C16H18F3NO4/c1-2-12(21)7-8-13(15(23)24)20-14(22)9-10-3-5-11(6-4-10)16(17,18)19/h3-6,13H,2,7-9H2,1H3,(H,20,22)(H,23,24)/t13-/m1/s1. The summed E-state index contributed by atoms with van der Waals surface area (Å²) in [5.41, 5.74) is -0.498. The van der Waals surface area contributed by atoms with Gasteiger partial charge >= 0.3 is 12.1 Å². The van der Waals surface area contributed by atoms with Gasteiger partial charge in [-0.05, 0) is 24.1 Å². The molecule has 1 atom stereocenters. The van der Waals surface area contributed by atoms with E-state index in [0.717, 1.165) is 12.1 Å². The second-order valence-corrected chi connectivity index (χ2v) is 5.26. The van der Waals surface area contributed by atoms with Crippen molar-refractivity contribution >= 4 is 17.7 Å². The van der Waals surface area contributed by atoms with Gasteiger partial charge in [0.15, 0.2) is 0 Å². The number of carboxylic acids is 1. The predicted molar refractivity (Wildman–Crippen MR) is 79.2 cm³/mol. The summed E-state index contributed by atoms with van der Waals surface area (Å²) < 4.78 is 37.4. The maximum atomic E-state index is 12.5. The average molecular weight is 345 g/mol. The lowest BCUT2D eigenvalue weighted by molar-refractivity contribution is -0.142. The van der Waals surface area contributed by atoms with Crippen molar-refractivity contribution in [2.45, 2.75) is 44.8 Å². The average Bonchev–Trinajstić information content (AvgIpc) is 2.50. The van der Waals surface area contributed by atoms with Gasteiger partial charge in [0.1, 0.15) is 11.8 Å². The minimum atomic E-state index is -4.46. The lowest BCUT2D eigenvalue weighted by Gasteiger charge is -2.14. The minimum Gasteiger partial charge on any atom is -0.480 e. The molecule has 0 fully saturated rings. The molecule has 1 rings (SSSR count). The maximum Gasteiger partial charge on any atom is 0.416 e. The van der Waals surface area contributed by atoms with E-state index in [0.29, 0.717) is 5.56 Å². The summed E-state index contributed by atoms with van der Waals surface area (Å²) in [6, 6.07) is 2.84. The van der Waals surface area contributed by atoms with E-state index in [4.69, 9.17) is 5.11 Å². The van der Waals surface area contributed by atoms with Crippen LogP contribution in [0.5, 0.6) is 0 Å². The number of aliphatic carboxylic acids is 1. The van der Waals surface area contributed by atoms with E-state index in [1.807, 2.05) is 0 Å². The Morgan fingerprint density at radius 1 is 1.17 bits per heavy atom. The number of hydrogen-bond donors (Lipinski definition) is 2. The van der Waals surface area contributed by atoms with E-state index >= 15 is 0 Å². The largest absolute Gasteiger partial charge is 0.480 e. The Kier molecular flexibility index (Phi) is 6.94. The minimum absolute atomic E-state index is 0.0270. The predicted octanol–water partition coefficient (Wildman–Crippen LogP) is 2.58. The highest BCUT2D eigenvalue weighted by atomic mass is 19.4. The second-order valence-electron chi connectivity index (χ2n) is 5.26. The van der Waals surface area contributed by atoms with E-state index in [9.17, 15) is 27.6 Å². The van der Waals surface area contributed by atoms with Crippen molar-refractivity contribution in [1.29, 1.82) is 0 Å². The fourth-order valence-electron chi connectivity index (χ4n) is 1.98. The number of alkyl halides is 3. The van der Waals surface area contributed by atoms with Crippen molar-refractivity contribution in [2.24, 2.45) is 0 Å². The van der Waals surface area contributed by atoms with Crippen molar-refractivity contribution in [3.8, 4) is 0 Å². The zero-order chi connectivity index (χ0) is 18.3. The van der Waals surface area contributed by atoms with E-state index in [2.05, 4.69) is 5.32 Å². The number of halogens is 3. The van der Waals surface area contributed by atoms with Crippen LogP contribution in [0.25, 0.3) is 0 Å². The van der Waals surface area contributed by atoms with Crippen molar-refractivity contribution in [1.82, 2.24) is 5.32 Å². The normalized spacial score (nSPS) is 12.5. The van der Waals surface area contributed by atoms with Gasteiger partial charge in [-0.15, -0.1) is 0 Å². The third-order valence-electron chi connectivity index (χ3n) is 3.39.